The molecule has 0 saturated heterocycles. The van der Waals surface area contributed by atoms with E-state index in [1.807, 2.05) is 12.1 Å². The zero-order valence-corrected chi connectivity index (χ0v) is 9.45. The zero-order valence-electron chi connectivity index (χ0n) is 9.45. The third-order valence-corrected chi connectivity index (χ3v) is 2.75. The molecule has 0 radical (unpaired) electrons. The minimum atomic E-state index is 0.399. The standard InChI is InChI=1S/C12H19NO/c1-5-13(3)10(2)11-8-6-7-9-12(11)14-4/h6-10H,5H2,1-4H3. The van der Waals surface area contributed by atoms with Crippen molar-refractivity contribution in [2.45, 2.75) is 19.9 Å². The molecule has 0 aliphatic heterocycles. The first-order chi connectivity index (χ1) is 6.70. The quantitative estimate of drug-likeness (QED) is 0.729. The molecule has 78 valence electrons. The highest BCUT2D eigenvalue weighted by molar-refractivity contribution is 5.35. The van der Waals surface area contributed by atoms with Crippen molar-refractivity contribution in [3.05, 3.63) is 29.8 Å². The van der Waals surface area contributed by atoms with Gasteiger partial charge < -0.3 is 4.74 Å². The summed E-state index contributed by atoms with van der Waals surface area (Å²) < 4.78 is 5.33. The highest BCUT2D eigenvalue weighted by atomic mass is 16.5. The molecule has 1 unspecified atom stereocenters. The second-order valence-electron chi connectivity index (χ2n) is 3.49. The number of benzene rings is 1. The Bertz CT molecular complexity index is 285. The molecule has 1 aromatic rings. The minimum Gasteiger partial charge on any atom is -0.496 e. The van der Waals surface area contributed by atoms with Crippen LogP contribution >= 0.6 is 0 Å². The lowest BCUT2D eigenvalue weighted by Crippen LogP contribution is -2.22. The van der Waals surface area contributed by atoms with Crippen LogP contribution in [-0.2, 0) is 0 Å². The molecule has 1 atom stereocenters. The lowest BCUT2D eigenvalue weighted by atomic mass is 10.1. The maximum absolute atomic E-state index is 5.33. The molecule has 0 heterocycles. The fourth-order valence-corrected chi connectivity index (χ4v) is 1.52. The van der Waals surface area contributed by atoms with Crippen LogP contribution in [0.4, 0.5) is 0 Å². The van der Waals surface area contributed by atoms with Crippen molar-refractivity contribution in [3.63, 3.8) is 0 Å². The van der Waals surface area contributed by atoms with Gasteiger partial charge in [-0.2, -0.15) is 0 Å². The van der Waals surface area contributed by atoms with E-state index in [4.69, 9.17) is 4.74 Å². The second kappa shape index (κ2) is 5.01. The SMILES string of the molecule is CCN(C)C(C)c1ccccc1OC. The van der Waals surface area contributed by atoms with Gasteiger partial charge in [-0.3, -0.25) is 4.90 Å². The Morgan fingerprint density at radius 3 is 2.57 bits per heavy atom. The first-order valence-electron chi connectivity index (χ1n) is 5.03. The number of methoxy groups -OCH3 is 1. The summed E-state index contributed by atoms with van der Waals surface area (Å²) in [6.45, 7) is 5.40. The molecule has 2 heteroatoms. The van der Waals surface area contributed by atoms with Crippen LogP contribution in [0, 0.1) is 0 Å². The van der Waals surface area contributed by atoms with Gasteiger partial charge in [-0.15, -0.1) is 0 Å². The van der Waals surface area contributed by atoms with Crippen LogP contribution in [0.15, 0.2) is 24.3 Å². The molecule has 0 aliphatic carbocycles. The topological polar surface area (TPSA) is 12.5 Å². The van der Waals surface area contributed by atoms with E-state index in [0.717, 1.165) is 12.3 Å². The van der Waals surface area contributed by atoms with Crippen LogP contribution in [0.25, 0.3) is 0 Å². The van der Waals surface area contributed by atoms with E-state index in [1.165, 1.54) is 5.56 Å². The zero-order chi connectivity index (χ0) is 10.6. The van der Waals surface area contributed by atoms with Crippen LogP contribution < -0.4 is 4.74 Å². The fraction of sp³-hybridized carbons (Fsp3) is 0.500. The van der Waals surface area contributed by atoms with Crippen molar-refractivity contribution in [2.75, 3.05) is 20.7 Å². The summed E-state index contributed by atoms with van der Waals surface area (Å²) in [5.74, 6) is 0.973. The Labute approximate surface area is 86.5 Å². The van der Waals surface area contributed by atoms with Gasteiger partial charge >= 0.3 is 0 Å². The molecule has 2 nitrogen and oxygen atoms in total. The predicted octanol–water partition coefficient (Wildman–Crippen LogP) is 2.71. The Morgan fingerprint density at radius 1 is 1.36 bits per heavy atom. The maximum Gasteiger partial charge on any atom is 0.123 e. The molecular formula is C12H19NO. The van der Waals surface area contributed by atoms with E-state index in [2.05, 4.69) is 37.9 Å². The van der Waals surface area contributed by atoms with Gasteiger partial charge in [0.1, 0.15) is 5.75 Å². The van der Waals surface area contributed by atoms with E-state index < -0.39 is 0 Å². The van der Waals surface area contributed by atoms with E-state index in [9.17, 15) is 0 Å². The molecule has 0 amide bonds. The summed E-state index contributed by atoms with van der Waals surface area (Å²) in [6.07, 6.45) is 0. The summed E-state index contributed by atoms with van der Waals surface area (Å²) in [6, 6.07) is 8.58. The Balaban J connectivity index is 2.93. The summed E-state index contributed by atoms with van der Waals surface area (Å²) in [5.41, 5.74) is 1.25. The summed E-state index contributed by atoms with van der Waals surface area (Å²) in [5, 5.41) is 0. The predicted molar refractivity (Wildman–Crippen MR) is 59.7 cm³/mol. The summed E-state index contributed by atoms with van der Waals surface area (Å²) in [7, 11) is 3.84. The van der Waals surface area contributed by atoms with E-state index in [-0.39, 0.29) is 0 Å². The van der Waals surface area contributed by atoms with Crippen molar-refractivity contribution in [1.82, 2.24) is 4.90 Å². The lowest BCUT2D eigenvalue weighted by molar-refractivity contribution is 0.268. The second-order valence-corrected chi connectivity index (χ2v) is 3.49. The molecule has 0 aliphatic rings. The van der Waals surface area contributed by atoms with Gasteiger partial charge in [-0.25, -0.2) is 0 Å². The van der Waals surface area contributed by atoms with Gasteiger partial charge in [-0.1, -0.05) is 25.1 Å². The number of hydrogen-bond acceptors (Lipinski definition) is 2. The van der Waals surface area contributed by atoms with Gasteiger partial charge in [0.25, 0.3) is 0 Å². The van der Waals surface area contributed by atoms with Crippen molar-refractivity contribution < 1.29 is 4.74 Å². The molecule has 14 heavy (non-hydrogen) atoms. The average Bonchev–Trinajstić information content (AvgIpc) is 2.26. The van der Waals surface area contributed by atoms with Crippen LogP contribution in [0.5, 0.6) is 5.75 Å². The van der Waals surface area contributed by atoms with Crippen LogP contribution in [0.3, 0.4) is 0 Å². The molecule has 0 saturated carbocycles. The normalized spacial score (nSPS) is 12.9. The first kappa shape index (κ1) is 11.1. The molecule has 1 rings (SSSR count). The Hall–Kier alpha value is -1.02. The van der Waals surface area contributed by atoms with Crippen molar-refractivity contribution in [3.8, 4) is 5.75 Å². The Morgan fingerprint density at radius 2 is 2.00 bits per heavy atom. The van der Waals surface area contributed by atoms with Crippen molar-refractivity contribution in [1.29, 1.82) is 0 Å². The number of rotatable bonds is 4. The number of nitrogens with zero attached hydrogens (tertiary/aromatic N) is 1. The molecule has 0 fully saturated rings. The van der Waals surface area contributed by atoms with E-state index in [0.29, 0.717) is 6.04 Å². The maximum atomic E-state index is 5.33. The van der Waals surface area contributed by atoms with Crippen molar-refractivity contribution >= 4 is 0 Å². The summed E-state index contributed by atoms with van der Waals surface area (Å²) >= 11 is 0. The number of hydrogen-bond donors (Lipinski definition) is 0. The third-order valence-electron chi connectivity index (χ3n) is 2.75. The minimum absolute atomic E-state index is 0.399. The monoisotopic (exact) mass is 193 g/mol. The van der Waals surface area contributed by atoms with Gasteiger partial charge in [0.15, 0.2) is 0 Å². The fourth-order valence-electron chi connectivity index (χ4n) is 1.52. The first-order valence-corrected chi connectivity index (χ1v) is 5.03. The average molecular weight is 193 g/mol. The van der Waals surface area contributed by atoms with Crippen LogP contribution in [0.1, 0.15) is 25.5 Å². The van der Waals surface area contributed by atoms with Gasteiger partial charge in [0.05, 0.1) is 7.11 Å². The van der Waals surface area contributed by atoms with Gasteiger partial charge in [0, 0.05) is 11.6 Å². The number of ether oxygens (including phenoxy) is 1. The Kier molecular flexibility index (Phi) is 3.96. The van der Waals surface area contributed by atoms with E-state index >= 15 is 0 Å². The van der Waals surface area contributed by atoms with Gasteiger partial charge in [-0.05, 0) is 26.6 Å². The molecule has 1 aromatic carbocycles. The highest BCUT2D eigenvalue weighted by Crippen LogP contribution is 2.27. The lowest BCUT2D eigenvalue weighted by Gasteiger charge is -2.24. The van der Waals surface area contributed by atoms with Crippen LogP contribution in [0.2, 0.25) is 0 Å². The largest absolute Gasteiger partial charge is 0.496 e. The smallest absolute Gasteiger partial charge is 0.123 e. The molecular weight excluding hydrogens is 174 g/mol. The van der Waals surface area contributed by atoms with Gasteiger partial charge in [0.2, 0.25) is 0 Å². The molecule has 0 aromatic heterocycles. The van der Waals surface area contributed by atoms with Crippen molar-refractivity contribution in [2.24, 2.45) is 0 Å². The van der Waals surface area contributed by atoms with Crippen LogP contribution in [-0.4, -0.2) is 25.6 Å². The van der Waals surface area contributed by atoms with E-state index in [1.54, 1.807) is 7.11 Å². The summed E-state index contributed by atoms with van der Waals surface area (Å²) in [4.78, 5) is 2.29. The molecule has 0 bridgehead atoms. The number of para-hydroxylation sites is 1. The molecule has 0 N–H and O–H groups in total. The highest BCUT2D eigenvalue weighted by Gasteiger charge is 2.13. The molecule has 0 spiro atoms. The third kappa shape index (κ3) is 2.26.